The van der Waals surface area contributed by atoms with E-state index in [1.165, 1.54) is 12.1 Å². The number of pyridine rings is 1. The van der Waals surface area contributed by atoms with Crippen molar-refractivity contribution in [3.8, 4) is 11.1 Å². The molecule has 0 aliphatic carbocycles. The number of aromatic amines is 1. The van der Waals surface area contributed by atoms with Gasteiger partial charge in [-0.15, -0.1) is 0 Å². The molecule has 0 amide bonds. The summed E-state index contributed by atoms with van der Waals surface area (Å²) in [5.41, 5.74) is 4.74. The topological polar surface area (TPSA) is 28.7 Å². The highest BCUT2D eigenvalue weighted by Crippen LogP contribution is 2.38. The van der Waals surface area contributed by atoms with Crippen molar-refractivity contribution in [3.63, 3.8) is 0 Å². The monoisotopic (exact) mass is 312 g/mol. The third-order valence-corrected chi connectivity index (χ3v) is 4.46. The Morgan fingerprint density at radius 1 is 0.792 bits per heavy atom. The lowest BCUT2D eigenvalue weighted by molar-refractivity contribution is 0.629. The molecular formula is C21H13FN2. The maximum atomic E-state index is 13.6. The van der Waals surface area contributed by atoms with Crippen LogP contribution in [0.25, 0.3) is 44.0 Å². The summed E-state index contributed by atoms with van der Waals surface area (Å²) in [6, 6.07) is 23.2. The normalized spacial score (nSPS) is 11.5. The molecule has 1 N–H and O–H groups in total. The van der Waals surface area contributed by atoms with Gasteiger partial charge in [-0.3, -0.25) is 0 Å². The Labute approximate surface area is 137 Å². The summed E-state index contributed by atoms with van der Waals surface area (Å²) in [4.78, 5) is 8.02. The average molecular weight is 312 g/mol. The van der Waals surface area contributed by atoms with Gasteiger partial charge in [0.15, 0.2) is 0 Å². The largest absolute Gasteiger partial charge is 0.339 e. The number of aromatic nitrogens is 2. The maximum absolute atomic E-state index is 13.6. The Bertz CT molecular complexity index is 1210. The zero-order valence-corrected chi connectivity index (χ0v) is 12.8. The minimum absolute atomic E-state index is 0.250. The van der Waals surface area contributed by atoms with E-state index >= 15 is 0 Å². The van der Waals surface area contributed by atoms with Crippen LogP contribution in [0.3, 0.4) is 0 Å². The van der Waals surface area contributed by atoms with Crippen molar-refractivity contribution < 1.29 is 4.39 Å². The number of rotatable bonds is 1. The lowest BCUT2D eigenvalue weighted by Crippen LogP contribution is -1.87. The Kier molecular flexibility index (Phi) is 2.71. The summed E-state index contributed by atoms with van der Waals surface area (Å²) in [7, 11) is 0. The summed E-state index contributed by atoms with van der Waals surface area (Å²) in [6.07, 6.45) is 0. The zero-order chi connectivity index (χ0) is 16.1. The summed E-state index contributed by atoms with van der Waals surface area (Å²) in [5.74, 6) is -0.250. The van der Waals surface area contributed by atoms with E-state index in [4.69, 9.17) is 4.98 Å². The molecule has 2 heterocycles. The molecule has 5 aromatic rings. The van der Waals surface area contributed by atoms with Crippen molar-refractivity contribution in [1.82, 2.24) is 9.97 Å². The molecule has 0 saturated heterocycles. The predicted molar refractivity (Wildman–Crippen MR) is 96.5 cm³/mol. The number of fused-ring (bicyclic) bond motifs is 4. The van der Waals surface area contributed by atoms with Crippen LogP contribution >= 0.6 is 0 Å². The minimum atomic E-state index is -0.250. The van der Waals surface area contributed by atoms with E-state index < -0.39 is 0 Å². The van der Waals surface area contributed by atoms with Gasteiger partial charge in [-0.05, 0) is 29.8 Å². The number of benzene rings is 3. The van der Waals surface area contributed by atoms with E-state index in [2.05, 4.69) is 23.2 Å². The number of nitrogens with one attached hydrogen (secondary N) is 1. The van der Waals surface area contributed by atoms with E-state index in [1.54, 1.807) is 0 Å². The lowest BCUT2D eigenvalue weighted by Gasteiger charge is -2.09. The fourth-order valence-corrected chi connectivity index (χ4v) is 3.43. The van der Waals surface area contributed by atoms with Crippen molar-refractivity contribution in [2.75, 3.05) is 0 Å². The fourth-order valence-electron chi connectivity index (χ4n) is 3.43. The van der Waals surface area contributed by atoms with Crippen LogP contribution in [-0.2, 0) is 0 Å². The molecule has 114 valence electrons. The Hall–Kier alpha value is -3.20. The van der Waals surface area contributed by atoms with Crippen LogP contribution in [-0.4, -0.2) is 9.97 Å². The van der Waals surface area contributed by atoms with E-state index in [9.17, 15) is 4.39 Å². The van der Waals surface area contributed by atoms with Gasteiger partial charge in [0, 0.05) is 21.7 Å². The molecule has 24 heavy (non-hydrogen) atoms. The van der Waals surface area contributed by atoms with Gasteiger partial charge in [0.25, 0.3) is 0 Å². The van der Waals surface area contributed by atoms with E-state index in [0.717, 1.165) is 44.0 Å². The molecule has 0 unspecified atom stereocenters. The summed E-state index contributed by atoms with van der Waals surface area (Å²) in [6.45, 7) is 0. The van der Waals surface area contributed by atoms with Crippen LogP contribution < -0.4 is 0 Å². The zero-order valence-electron chi connectivity index (χ0n) is 12.8. The number of para-hydroxylation sites is 1. The fraction of sp³-hybridized carbons (Fsp3) is 0. The first-order valence-corrected chi connectivity index (χ1v) is 7.86. The Balaban J connectivity index is 2.06. The van der Waals surface area contributed by atoms with Crippen LogP contribution in [0, 0.1) is 5.82 Å². The average Bonchev–Trinajstić information content (AvgIpc) is 2.97. The van der Waals surface area contributed by atoms with Crippen LogP contribution in [0.15, 0.2) is 72.8 Å². The molecule has 0 radical (unpaired) electrons. The van der Waals surface area contributed by atoms with Gasteiger partial charge in [0.1, 0.15) is 11.5 Å². The highest BCUT2D eigenvalue weighted by atomic mass is 19.1. The third kappa shape index (κ3) is 1.85. The molecule has 3 aromatic carbocycles. The standard InChI is InChI=1S/C21H13FN2/c22-14-10-11-16-18(12-14)24-21-20(16)19(13-6-2-1-3-7-13)15-8-4-5-9-17(15)23-21/h1-12H,(H,23,24). The minimum Gasteiger partial charge on any atom is -0.339 e. The van der Waals surface area contributed by atoms with Gasteiger partial charge in [-0.1, -0.05) is 48.5 Å². The molecule has 0 bridgehead atoms. The van der Waals surface area contributed by atoms with Crippen LogP contribution in [0.1, 0.15) is 0 Å². The van der Waals surface area contributed by atoms with Gasteiger partial charge in [0.2, 0.25) is 0 Å². The predicted octanol–water partition coefficient (Wildman–Crippen LogP) is 5.68. The molecule has 0 fully saturated rings. The quantitative estimate of drug-likeness (QED) is 0.424. The van der Waals surface area contributed by atoms with Gasteiger partial charge >= 0.3 is 0 Å². The second kappa shape index (κ2) is 4.90. The highest BCUT2D eigenvalue weighted by Gasteiger charge is 2.15. The molecule has 0 aliphatic heterocycles. The first-order valence-electron chi connectivity index (χ1n) is 7.86. The molecule has 2 aromatic heterocycles. The number of halogens is 1. The van der Waals surface area contributed by atoms with Gasteiger partial charge < -0.3 is 4.98 Å². The number of H-pyrrole nitrogens is 1. The van der Waals surface area contributed by atoms with Crippen molar-refractivity contribution >= 4 is 32.8 Å². The molecule has 0 saturated carbocycles. The Morgan fingerprint density at radius 2 is 1.58 bits per heavy atom. The first kappa shape index (κ1) is 13.3. The van der Waals surface area contributed by atoms with Crippen LogP contribution in [0.2, 0.25) is 0 Å². The molecule has 3 heteroatoms. The third-order valence-electron chi connectivity index (χ3n) is 4.46. The van der Waals surface area contributed by atoms with Crippen LogP contribution in [0.5, 0.6) is 0 Å². The van der Waals surface area contributed by atoms with E-state index in [0.29, 0.717) is 0 Å². The van der Waals surface area contributed by atoms with Crippen molar-refractivity contribution in [2.24, 2.45) is 0 Å². The number of hydrogen-bond acceptors (Lipinski definition) is 1. The number of hydrogen-bond donors (Lipinski definition) is 1. The molecule has 0 atom stereocenters. The molecule has 0 spiro atoms. The molecule has 5 rings (SSSR count). The summed E-state index contributed by atoms with van der Waals surface area (Å²) in [5, 5.41) is 3.12. The molecular weight excluding hydrogens is 299 g/mol. The van der Waals surface area contributed by atoms with Crippen molar-refractivity contribution in [3.05, 3.63) is 78.6 Å². The Morgan fingerprint density at radius 3 is 2.46 bits per heavy atom. The van der Waals surface area contributed by atoms with E-state index in [-0.39, 0.29) is 5.82 Å². The number of nitrogens with zero attached hydrogens (tertiary/aromatic N) is 1. The SMILES string of the molecule is Fc1ccc2c(c1)[nH]c1nc3ccccc3c(-c3ccccc3)c12. The van der Waals surface area contributed by atoms with Gasteiger partial charge in [-0.2, -0.15) is 0 Å². The first-order chi connectivity index (χ1) is 11.8. The summed E-state index contributed by atoms with van der Waals surface area (Å²) >= 11 is 0. The second-order valence-corrected chi connectivity index (χ2v) is 5.91. The van der Waals surface area contributed by atoms with Crippen LogP contribution in [0.4, 0.5) is 4.39 Å². The van der Waals surface area contributed by atoms with Crippen molar-refractivity contribution in [1.29, 1.82) is 0 Å². The van der Waals surface area contributed by atoms with E-state index in [1.807, 2.05) is 42.5 Å². The van der Waals surface area contributed by atoms with Gasteiger partial charge in [0.05, 0.1) is 11.0 Å². The summed E-state index contributed by atoms with van der Waals surface area (Å²) < 4.78 is 13.6. The lowest BCUT2D eigenvalue weighted by atomic mass is 9.96. The second-order valence-electron chi connectivity index (χ2n) is 5.91. The van der Waals surface area contributed by atoms with Gasteiger partial charge in [-0.25, -0.2) is 9.37 Å². The highest BCUT2D eigenvalue weighted by molar-refractivity contribution is 6.19. The molecule has 2 nitrogen and oxygen atoms in total. The van der Waals surface area contributed by atoms with Crippen molar-refractivity contribution in [2.45, 2.75) is 0 Å². The smallest absolute Gasteiger partial charge is 0.139 e. The molecule has 0 aliphatic rings. The maximum Gasteiger partial charge on any atom is 0.139 e.